The summed E-state index contributed by atoms with van der Waals surface area (Å²) in [7, 11) is 0. The van der Waals surface area contributed by atoms with Crippen molar-refractivity contribution < 1.29 is 28.2 Å². The van der Waals surface area contributed by atoms with Gasteiger partial charge < -0.3 is 19.1 Å². The lowest BCUT2D eigenvalue weighted by Crippen LogP contribution is -2.31. The number of aryl methyl sites for hydroxylation is 1. The number of fused-ring (bicyclic) bond motifs is 1. The van der Waals surface area contributed by atoms with E-state index in [1.54, 1.807) is 47.3 Å². The quantitative estimate of drug-likeness (QED) is 0.147. The van der Waals surface area contributed by atoms with Crippen LogP contribution in [0.3, 0.4) is 0 Å². The number of carbonyl (C=O) groups is 1. The third kappa shape index (κ3) is 6.32. The number of ether oxygens (including phenoxy) is 2. The molecule has 8 rings (SSSR count). The molecule has 50 heavy (non-hydrogen) atoms. The molecule has 0 unspecified atom stereocenters. The van der Waals surface area contributed by atoms with E-state index in [0.717, 1.165) is 42.1 Å². The van der Waals surface area contributed by atoms with E-state index in [-0.39, 0.29) is 30.2 Å². The van der Waals surface area contributed by atoms with Crippen LogP contribution >= 0.6 is 11.6 Å². The van der Waals surface area contributed by atoms with Gasteiger partial charge >= 0.3 is 5.97 Å². The molecule has 1 atom stereocenters. The van der Waals surface area contributed by atoms with E-state index < -0.39 is 17.6 Å². The van der Waals surface area contributed by atoms with Gasteiger partial charge in [0.1, 0.15) is 23.8 Å². The van der Waals surface area contributed by atoms with E-state index in [4.69, 9.17) is 21.1 Å². The fourth-order valence-electron chi connectivity index (χ4n) is 6.18. The predicted molar refractivity (Wildman–Crippen MR) is 181 cm³/mol. The molecule has 0 spiro atoms. The van der Waals surface area contributed by atoms with E-state index in [0.29, 0.717) is 63.8 Å². The highest BCUT2D eigenvalue weighted by Gasteiger charge is 2.26. The summed E-state index contributed by atoms with van der Waals surface area (Å²) in [6.45, 7) is 2.96. The minimum Gasteiger partial charge on any atom is -0.478 e. The van der Waals surface area contributed by atoms with Crippen molar-refractivity contribution in [3.63, 3.8) is 0 Å². The van der Waals surface area contributed by atoms with Crippen LogP contribution < -0.4 is 4.74 Å². The van der Waals surface area contributed by atoms with Gasteiger partial charge in [0.05, 0.1) is 52.4 Å². The number of hydrogen-bond donors (Lipinski definition) is 1. The highest BCUT2D eigenvalue weighted by molar-refractivity contribution is 6.31. The van der Waals surface area contributed by atoms with Gasteiger partial charge in [-0.15, -0.1) is 0 Å². The molecule has 6 aromatic rings. The van der Waals surface area contributed by atoms with Gasteiger partial charge in [0.25, 0.3) is 0 Å². The smallest absolute Gasteiger partial charge is 0.335 e. The number of rotatable bonds is 11. The number of carboxylic acids is 1. The highest BCUT2D eigenvalue weighted by Crippen LogP contribution is 2.35. The number of aromatic carboxylic acids is 1. The topological polar surface area (TPSA) is 117 Å². The van der Waals surface area contributed by atoms with Crippen molar-refractivity contribution in [3.05, 3.63) is 112 Å². The molecule has 2 aromatic carbocycles. The molecule has 13 heteroatoms. The minimum absolute atomic E-state index is 0.0352. The Hall–Kier alpha value is -5.20. The molecular weight excluding hydrogens is 666 g/mol. The van der Waals surface area contributed by atoms with E-state index in [1.807, 2.05) is 17.8 Å². The van der Waals surface area contributed by atoms with Crippen LogP contribution in [0.4, 0.5) is 8.78 Å². The predicted octanol–water partition coefficient (Wildman–Crippen LogP) is 7.59. The monoisotopic (exact) mass is 696 g/mol. The van der Waals surface area contributed by atoms with Crippen LogP contribution in [0.15, 0.2) is 67.1 Å². The zero-order valence-electron chi connectivity index (χ0n) is 26.9. The molecule has 5 heterocycles. The van der Waals surface area contributed by atoms with Crippen LogP contribution in [0.1, 0.15) is 58.2 Å². The zero-order chi connectivity index (χ0) is 34.5. The first kappa shape index (κ1) is 32.0. The largest absolute Gasteiger partial charge is 0.478 e. The number of hydrogen-bond acceptors (Lipinski definition) is 7. The van der Waals surface area contributed by atoms with Crippen LogP contribution in [-0.2, 0) is 24.3 Å². The van der Waals surface area contributed by atoms with Gasteiger partial charge in [0.2, 0.25) is 5.88 Å². The molecule has 1 aliphatic carbocycles. The third-order valence-electron chi connectivity index (χ3n) is 9.18. The fraction of sp³-hybridized carbons (Fsp3) is 0.270. The van der Waals surface area contributed by atoms with Crippen LogP contribution in [0.2, 0.25) is 5.02 Å². The molecule has 0 bridgehead atoms. The Morgan fingerprint density at radius 1 is 1.04 bits per heavy atom. The maximum Gasteiger partial charge on any atom is 0.335 e. The van der Waals surface area contributed by atoms with Crippen molar-refractivity contribution in [2.24, 2.45) is 0 Å². The van der Waals surface area contributed by atoms with Crippen LogP contribution in [0.5, 0.6) is 5.88 Å². The summed E-state index contributed by atoms with van der Waals surface area (Å²) >= 11 is 6.60. The van der Waals surface area contributed by atoms with Gasteiger partial charge in [-0.1, -0.05) is 23.7 Å². The summed E-state index contributed by atoms with van der Waals surface area (Å²) < 4.78 is 46.1. The average Bonchev–Trinajstić information content (AvgIpc) is 3.70. The summed E-state index contributed by atoms with van der Waals surface area (Å²) in [6.07, 6.45) is 8.50. The van der Waals surface area contributed by atoms with Gasteiger partial charge in [-0.25, -0.2) is 23.5 Å². The number of imidazole rings is 1. The first-order chi connectivity index (χ1) is 24.2. The van der Waals surface area contributed by atoms with Crippen LogP contribution in [-0.4, -0.2) is 53.1 Å². The first-order valence-electron chi connectivity index (χ1n) is 16.3. The van der Waals surface area contributed by atoms with E-state index >= 15 is 4.39 Å². The van der Waals surface area contributed by atoms with Crippen molar-refractivity contribution in [1.82, 2.24) is 29.3 Å². The molecule has 1 N–H and O–H groups in total. The number of pyridine rings is 2. The maximum absolute atomic E-state index is 15.8. The Bertz CT molecular complexity index is 2280. The maximum atomic E-state index is 15.8. The summed E-state index contributed by atoms with van der Waals surface area (Å²) in [5.74, 6) is -1.73. The molecule has 2 aliphatic rings. The van der Waals surface area contributed by atoms with Crippen LogP contribution in [0, 0.1) is 18.6 Å². The van der Waals surface area contributed by atoms with Gasteiger partial charge in [-0.3, -0.25) is 9.67 Å². The molecule has 254 valence electrons. The number of carboxylic acid groups (broad SMARTS) is 1. The number of benzene rings is 2. The minimum atomic E-state index is -1.25. The summed E-state index contributed by atoms with van der Waals surface area (Å²) in [6, 6.07) is 13.1. The normalized spacial score (nSPS) is 15.7. The molecular formula is C37H31ClF2N6O4. The van der Waals surface area contributed by atoms with E-state index in [9.17, 15) is 14.3 Å². The van der Waals surface area contributed by atoms with Gasteiger partial charge in [0, 0.05) is 48.2 Å². The number of aromatic nitrogens is 6. The molecule has 2 fully saturated rings. The highest BCUT2D eigenvalue weighted by atomic mass is 35.5. The number of halogens is 3. The Morgan fingerprint density at radius 3 is 2.62 bits per heavy atom. The zero-order valence-corrected chi connectivity index (χ0v) is 27.7. The molecule has 0 radical (unpaired) electrons. The summed E-state index contributed by atoms with van der Waals surface area (Å²) in [5, 5.41) is 14.4. The SMILES string of the molecule is Cc1cc(Cc2nc3c(F)cc(C(=O)O)cc3n2C[C@@H]2CCO2)c(F)cc1-c1cccc(OCc2cnc(-c3cnn(C4CC4)c3)cc2Cl)n1. The molecule has 0 amide bonds. The second-order valence-electron chi connectivity index (χ2n) is 12.7. The van der Waals surface area contributed by atoms with Crippen molar-refractivity contribution >= 4 is 28.6 Å². The Balaban J connectivity index is 1.01. The Kier molecular flexibility index (Phi) is 8.28. The Morgan fingerprint density at radius 2 is 1.88 bits per heavy atom. The third-order valence-corrected chi connectivity index (χ3v) is 9.53. The lowest BCUT2D eigenvalue weighted by molar-refractivity contribution is -0.0589. The second-order valence-corrected chi connectivity index (χ2v) is 13.1. The number of nitrogens with zero attached hydrogens (tertiary/aromatic N) is 6. The van der Waals surface area contributed by atoms with Gasteiger partial charge in [0.15, 0.2) is 5.82 Å². The summed E-state index contributed by atoms with van der Waals surface area (Å²) in [5.41, 5.74) is 4.74. The van der Waals surface area contributed by atoms with Crippen molar-refractivity contribution in [2.75, 3.05) is 6.61 Å². The van der Waals surface area contributed by atoms with Crippen molar-refractivity contribution in [1.29, 1.82) is 0 Å². The standard InChI is InChI=1S/C37H31ClF2N6O4/c1-20-9-21(12-34-44-36-30(40)10-22(37(47)48)11-33(36)45(34)18-26-7-8-49-26)29(39)13-27(20)31-3-2-4-35(43-31)50-19-24-15-41-32(14-28(24)38)23-16-42-46(17-23)25-5-6-25/h2-4,9-11,13-17,25-26H,5-8,12,18-19H2,1H3,(H,47,48)/t26-/m0/s1. The molecule has 1 saturated carbocycles. The van der Waals surface area contributed by atoms with Crippen molar-refractivity contribution in [2.45, 2.75) is 57.9 Å². The van der Waals surface area contributed by atoms with Crippen molar-refractivity contribution in [3.8, 4) is 28.4 Å². The second kappa shape index (κ2) is 12.9. The molecule has 10 nitrogen and oxygen atoms in total. The molecule has 1 saturated heterocycles. The van der Waals surface area contributed by atoms with Crippen LogP contribution in [0.25, 0.3) is 33.5 Å². The first-order valence-corrected chi connectivity index (χ1v) is 16.7. The molecule has 4 aromatic heterocycles. The van der Waals surface area contributed by atoms with E-state index in [2.05, 4.69) is 20.1 Å². The van der Waals surface area contributed by atoms with E-state index in [1.165, 1.54) is 12.1 Å². The molecule has 1 aliphatic heterocycles. The fourth-order valence-corrected chi connectivity index (χ4v) is 6.38. The van der Waals surface area contributed by atoms with Gasteiger partial charge in [-0.2, -0.15) is 5.10 Å². The Labute approximate surface area is 290 Å². The van der Waals surface area contributed by atoms with Gasteiger partial charge in [-0.05, 0) is 67.6 Å². The average molecular weight is 697 g/mol. The lowest BCUT2D eigenvalue weighted by atomic mass is 9.99. The summed E-state index contributed by atoms with van der Waals surface area (Å²) in [4.78, 5) is 25.3. The lowest BCUT2D eigenvalue weighted by Gasteiger charge is -2.27.